The van der Waals surface area contributed by atoms with Gasteiger partial charge in [0.2, 0.25) is 0 Å². The molecule has 0 heterocycles. The standard InChI is InChI=1S/C15H25NO2/c1-11(2)17-14-9-7-13(8-10-14)12(3)16-18-15(4,5)6/h7-12,16H,1-6H3. The van der Waals surface area contributed by atoms with Crippen LogP contribution in [0.1, 0.15) is 53.1 Å². The molecule has 0 saturated carbocycles. The van der Waals surface area contributed by atoms with Crippen LogP contribution in [-0.2, 0) is 4.84 Å². The van der Waals surface area contributed by atoms with Gasteiger partial charge in [0.15, 0.2) is 0 Å². The molecule has 1 unspecified atom stereocenters. The maximum atomic E-state index is 5.61. The van der Waals surface area contributed by atoms with Crippen molar-refractivity contribution in [2.75, 3.05) is 0 Å². The van der Waals surface area contributed by atoms with E-state index in [1.54, 1.807) is 0 Å². The highest BCUT2D eigenvalue weighted by atomic mass is 16.7. The second-order valence-corrected chi connectivity index (χ2v) is 5.79. The number of hydroxylamine groups is 1. The van der Waals surface area contributed by atoms with Crippen molar-refractivity contribution in [3.05, 3.63) is 29.8 Å². The van der Waals surface area contributed by atoms with Crippen LogP contribution in [0, 0.1) is 0 Å². The van der Waals surface area contributed by atoms with Crippen LogP contribution in [0.3, 0.4) is 0 Å². The zero-order valence-corrected chi connectivity index (χ0v) is 12.3. The molecule has 1 aromatic rings. The predicted octanol–water partition coefficient (Wildman–Crippen LogP) is 3.85. The van der Waals surface area contributed by atoms with Crippen molar-refractivity contribution in [2.45, 2.75) is 59.3 Å². The Bertz CT molecular complexity index is 352. The van der Waals surface area contributed by atoms with Crippen molar-refractivity contribution in [1.29, 1.82) is 0 Å². The third kappa shape index (κ3) is 5.52. The van der Waals surface area contributed by atoms with Crippen LogP contribution in [0.5, 0.6) is 5.75 Å². The van der Waals surface area contributed by atoms with Gasteiger partial charge < -0.3 is 4.74 Å². The smallest absolute Gasteiger partial charge is 0.119 e. The van der Waals surface area contributed by atoms with E-state index in [2.05, 4.69) is 24.5 Å². The first kappa shape index (κ1) is 15.0. The maximum Gasteiger partial charge on any atom is 0.119 e. The van der Waals surface area contributed by atoms with E-state index < -0.39 is 0 Å². The van der Waals surface area contributed by atoms with E-state index in [9.17, 15) is 0 Å². The molecule has 0 radical (unpaired) electrons. The van der Waals surface area contributed by atoms with Gasteiger partial charge in [-0.3, -0.25) is 4.84 Å². The topological polar surface area (TPSA) is 30.5 Å². The van der Waals surface area contributed by atoms with Gasteiger partial charge in [0.1, 0.15) is 5.75 Å². The van der Waals surface area contributed by atoms with Gasteiger partial charge in [0.25, 0.3) is 0 Å². The summed E-state index contributed by atoms with van der Waals surface area (Å²) in [5, 5.41) is 0. The summed E-state index contributed by atoms with van der Waals surface area (Å²) in [5.74, 6) is 0.901. The Balaban J connectivity index is 2.56. The van der Waals surface area contributed by atoms with E-state index in [-0.39, 0.29) is 17.7 Å². The van der Waals surface area contributed by atoms with Gasteiger partial charge >= 0.3 is 0 Å². The lowest BCUT2D eigenvalue weighted by molar-refractivity contribution is -0.0866. The molecule has 0 fully saturated rings. The minimum Gasteiger partial charge on any atom is -0.491 e. The van der Waals surface area contributed by atoms with Crippen molar-refractivity contribution in [3.8, 4) is 5.75 Å². The SMILES string of the molecule is CC(C)Oc1ccc(C(C)NOC(C)(C)C)cc1. The minimum atomic E-state index is -0.186. The third-order valence-corrected chi connectivity index (χ3v) is 2.29. The number of benzene rings is 1. The molecule has 0 aliphatic heterocycles. The first-order valence-electron chi connectivity index (χ1n) is 6.48. The Morgan fingerprint density at radius 3 is 2.00 bits per heavy atom. The molecule has 0 amide bonds. The quantitative estimate of drug-likeness (QED) is 0.806. The molecule has 18 heavy (non-hydrogen) atoms. The first-order valence-corrected chi connectivity index (χ1v) is 6.48. The number of hydrogen-bond donors (Lipinski definition) is 1. The average molecular weight is 251 g/mol. The van der Waals surface area contributed by atoms with Gasteiger partial charge in [-0.25, -0.2) is 0 Å². The van der Waals surface area contributed by atoms with Crippen LogP contribution in [-0.4, -0.2) is 11.7 Å². The molecule has 102 valence electrons. The summed E-state index contributed by atoms with van der Waals surface area (Å²) in [7, 11) is 0. The Labute approximate surface area is 110 Å². The van der Waals surface area contributed by atoms with Crippen molar-refractivity contribution < 1.29 is 9.57 Å². The van der Waals surface area contributed by atoms with Gasteiger partial charge in [-0.05, 0) is 59.2 Å². The Morgan fingerprint density at radius 1 is 1.00 bits per heavy atom. The highest BCUT2D eigenvalue weighted by Gasteiger charge is 2.13. The van der Waals surface area contributed by atoms with Crippen LogP contribution >= 0.6 is 0 Å². The van der Waals surface area contributed by atoms with Gasteiger partial charge in [0.05, 0.1) is 17.7 Å². The van der Waals surface area contributed by atoms with Gasteiger partial charge in [-0.2, -0.15) is 5.48 Å². The molecule has 0 aromatic heterocycles. The van der Waals surface area contributed by atoms with Crippen molar-refractivity contribution in [3.63, 3.8) is 0 Å². The molecule has 1 rings (SSSR count). The van der Waals surface area contributed by atoms with Crippen molar-refractivity contribution in [2.24, 2.45) is 0 Å². The molecule has 3 heteroatoms. The van der Waals surface area contributed by atoms with E-state index >= 15 is 0 Å². The molecule has 0 bridgehead atoms. The lowest BCUT2D eigenvalue weighted by atomic mass is 10.1. The Hall–Kier alpha value is -1.06. The van der Waals surface area contributed by atoms with Crippen LogP contribution in [0.2, 0.25) is 0 Å². The zero-order valence-electron chi connectivity index (χ0n) is 12.3. The lowest BCUT2D eigenvalue weighted by Gasteiger charge is -2.23. The fraction of sp³-hybridized carbons (Fsp3) is 0.600. The molecular weight excluding hydrogens is 226 g/mol. The Kier molecular flexibility index (Phi) is 5.17. The van der Waals surface area contributed by atoms with Gasteiger partial charge in [0, 0.05) is 0 Å². The number of nitrogens with one attached hydrogen (secondary N) is 1. The molecule has 0 spiro atoms. The summed E-state index contributed by atoms with van der Waals surface area (Å²) >= 11 is 0. The molecule has 1 N–H and O–H groups in total. The summed E-state index contributed by atoms with van der Waals surface area (Å²) in [4.78, 5) is 5.56. The molecule has 3 nitrogen and oxygen atoms in total. The maximum absolute atomic E-state index is 5.61. The number of rotatable bonds is 5. The summed E-state index contributed by atoms with van der Waals surface area (Å²) < 4.78 is 5.61. The fourth-order valence-electron chi connectivity index (χ4n) is 1.44. The fourth-order valence-corrected chi connectivity index (χ4v) is 1.44. The van der Waals surface area contributed by atoms with Crippen LogP contribution in [0.4, 0.5) is 0 Å². The van der Waals surface area contributed by atoms with E-state index in [0.29, 0.717) is 0 Å². The van der Waals surface area contributed by atoms with E-state index in [0.717, 1.165) is 5.75 Å². The molecule has 0 saturated heterocycles. The second-order valence-electron chi connectivity index (χ2n) is 5.79. The number of ether oxygens (including phenoxy) is 1. The molecule has 1 aromatic carbocycles. The van der Waals surface area contributed by atoms with E-state index in [4.69, 9.17) is 9.57 Å². The highest BCUT2D eigenvalue weighted by molar-refractivity contribution is 5.28. The molecular formula is C15H25NO2. The minimum absolute atomic E-state index is 0.150. The average Bonchev–Trinajstić information content (AvgIpc) is 2.25. The van der Waals surface area contributed by atoms with Crippen LogP contribution < -0.4 is 10.2 Å². The summed E-state index contributed by atoms with van der Waals surface area (Å²) in [6.45, 7) is 12.2. The predicted molar refractivity (Wildman–Crippen MR) is 74.6 cm³/mol. The van der Waals surface area contributed by atoms with Crippen LogP contribution in [0.15, 0.2) is 24.3 Å². The largest absolute Gasteiger partial charge is 0.491 e. The lowest BCUT2D eigenvalue weighted by Crippen LogP contribution is -2.30. The normalized spacial score (nSPS) is 13.7. The van der Waals surface area contributed by atoms with Crippen molar-refractivity contribution >= 4 is 0 Å². The summed E-state index contributed by atoms with van der Waals surface area (Å²) in [6, 6.07) is 8.25. The molecule has 0 aliphatic rings. The highest BCUT2D eigenvalue weighted by Crippen LogP contribution is 2.19. The molecule has 1 atom stereocenters. The second kappa shape index (κ2) is 6.21. The number of hydrogen-bond acceptors (Lipinski definition) is 3. The van der Waals surface area contributed by atoms with E-state index in [1.165, 1.54) is 5.56 Å². The van der Waals surface area contributed by atoms with Gasteiger partial charge in [-0.15, -0.1) is 0 Å². The monoisotopic (exact) mass is 251 g/mol. The van der Waals surface area contributed by atoms with Gasteiger partial charge in [-0.1, -0.05) is 12.1 Å². The summed E-state index contributed by atoms with van der Waals surface area (Å²) in [5.41, 5.74) is 4.05. The summed E-state index contributed by atoms with van der Waals surface area (Å²) in [6.07, 6.45) is 0.204. The first-order chi connectivity index (χ1) is 8.28. The Morgan fingerprint density at radius 2 is 1.56 bits per heavy atom. The van der Waals surface area contributed by atoms with Crippen LogP contribution in [0.25, 0.3) is 0 Å². The van der Waals surface area contributed by atoms with Crippen molar-refractivity contribution in [1.82, 2.24) is 5.48 Å². The zero-order chi connectivity index (χ0) is 13.8. The third-order valence-electron chi connectivity index (χ3n) is 2.29. The van der Waals surface area contributed by atoms with E-state index in [1.807, 2.05) is 46.8 Å². The molecule has 0 aliphatic carbocycles.